The first-order valence-corrected chi connectivity index (χ1v) is 13.8. The van der Waals surface area contributed by atoms with Gasteiger partial charge in [0, 0.05) is 31.7 Å². The van der Waals surface area contributed by atoms with Gasteiger partial charge in [0.2, 0.25) is 0 Å². The predicted octanol–water partition coefficient (Wildman–Crippen LogP) is 4.77. The van der Waals surface area contributed by atoms with Crippen LogP contribution in [0.15, 0.2) is 42.5 Å². The largest absolute Gasteiger partial charge is 0.412 e. The van der Waals surface area contributed by atoms with Crippen LogP contribution in [0.1, 0.15) is 55.7 Å². The Labute approximate surface area is 228 Å². The molecule has 2 aliphatic rings. The maximum Gasteiger partial charge on any atom is 0.412 e. The van der Waals surface area contributed by atoms with Crippen molar-refractivity contribution >= 4 is 11.8 Å². The fourth-order valence-electron chi connectivity index (χ4n) is 6.44. The molecule has 0 aromatic heterocycles. The van der Waals surface area contributed by atoms with Gasteiger partial charge in [0.25, 0.3) is 0 Å². The van der Waals surface area contributed by atoms with Crippen molar-refractivity contribution in [2.45, 2.75) is 62.9 Å². The van der Waals surface area contributed by atoms with Gasteiger partial charge < -0.3 is 25.0 Å². The fraction of sp³-hybridized carbons (Fsp3) is 0.531. The summed E-state index contributed by atoms with van der Waals surface area (Å²) in [4.78, 5) is 16.6. The Bertz CT molecular complexity index is 1200. The summed E-state index contributed by atoms with van der Waals surface area (Å²) in [6, 6.07) is 14.9. The number of amides is 1. The van der Waals surface area contributed by atoms with Crippen molar-refractivity contribution in [1.82, 2.24) is 10.2 Å². The maximum atomic E-state index is 12.4. The van der Waals surface area contributed by atoms with Crippen LogP contribution in [0.5, 0.6) is 5.75 Å². The number of carbonyl (C=O) groups excluding carboxylic acids is 1. The topological polar surface area (TPSA) is 65.0 Å². The van der Waals surface area contributed by atoms with Gasteiger partial charge in [-0.25, -0.2) is 4.79 Å². The predicted molar refractivity (Wildman–Crippen MR) is 154 cm³/mol. The van der Waals surface area contributed by atoms with Gasteiger partial charge in [-0.1, -0.05) is 24.1 Å². The molecule has 2 aromatic rings. The van der Waals surface area contributed by atoms with Gasteiger partial charge >= 0.3 is 6.09 Å². The molecule has 0 aliphatic heterocycles. The number of rotatable bonds is 8. The van der Waals surface area contributed by atoms with E-state index in [1.807, 2.05) is 27.1 Å². The van der Waals surface area contributed by atoms with Crippen LogP contribution in [0.3, 0.4) is 0 Å². The molecule has 4 rings (SSSR count). The van der Waals surface area contributed by atoms with E-state index in [1.165, 1.54) is 22.4 Å². The zero-order valence-corrected chi connectivity index (χ0v) is 23.6. The van der Waals surface area contributed by atoms with Crippen LogP contribution >= 0.6 is 0 Å². The van der Waals surface area contributed by atoms with E-state index in [2.05, 4.69) is 77.5 Å². The lowest BCUT2D eigenvalue weighted by Crippen LogP contribution is -2.50. The number of hydrogen-bond acceptors (Lipinski definition) is 5. The van der Waals surface area contributed by atoms with Gasteiger partial charge in [-0.05, 0) is 119 Å². The molecule has 1 fully saturated rings. The lowest BCUT2D eigenvalue weighted by Gasteiger charge is -2.52. The molecule has 0 bridgehead atoms. The van der Waals surface area contributed by atoms with E-state index in [-0.39, 0.29) is 5.41 Å². The zero-order chi connectivity index (χ0) is 27.3. The van der Waals surface area contributed by atoms with Crippen molar-refractivity contribution in [3.63, 3.8) is 0 Å². The summed E-state index contributed by atoms with van der Waals surface area (Å²) in [5.41, 5.74) is 4.06. The summed E-state index contributed by atoms with van der Waals surface area (Å²) < 4.78 is 5.65. The average molecular weight is 518 g/mol. The summed E-state index contributed by atoms with van der Waals surface area (Å²) in [7, 11) is 8.18. The van der Waals surface area contributed by atoms with Gasteiger partial charge in [-0.2, -0.15) is 0 Å². The van der Waals surface area contributed by atoms with Gasteiger partial charge in [0.05, 0.1) is 0 Å². The lowest BCUT2D eigenvalue weighted by atomic mass is 9.52. The molecule has 0 radical (unpaired) electrons. The van der Waals surface area contributed by atoms with Crippen molar-refractivity contribution in [2.75, 3.05) is 46.2 Å². The first-order chi connectivity index (χ1) is 18.1. The first kappa shape index (κ1) is 28.0. The minimum atomic E-state index is -0.917. The van der Waals surface area contributed by atoms with Crippen molar-refractivity contribution in [2.24, 2.45) is 5.92 Å². The lowest BCUT2D eigenvalue weighted by molar-refractivity contribution is -0.00804. The highest BCUT2D eigenvalue weighted by molar-refractivity contribution is 5.70. The molecule has 1 unspecified atom stereocenters. The minimum Gasteiger partial charge on any atom is -0.410 e. The quantitative estimate of drug-likeness (QED) is 0.390. The molecule has 6 nitrogen and oxygen atoms in total. The molecular formula is C32H43N3O3. The van der Waals surface area contributed by atoms with E-state index in [1.54, 1.807) is 0 Å². The Balaban J connectivity index is 1.60. The second kappa shape index (κ2) is 11.8. The molecular weight excluding hydrogens is 474 g/mol. The molecule has 2 N–H and O–H groups in total. The van der Waals surface area contributed by atoms with E-state index in [0.717, 1.165) is 38.6 Å². The summed E-state index contributed by atoms with van der Waals surface area (Å²) in [6.45, 7) is 3.31. The highest BCUT2D eigenvalue weighted by Gasteiger charge is 2.51. The van der Waals surface area contributed by atoms with Crippen LogP contribution in [0.4, 0.5) is 10.5 Å². The van der Waals surface area contributed by atoms with Crippen LogP contribution in [0.25, 0.3) is 0 Å². The van der Waals surface area contributed by atoms with Gasteiger partial charge in [-0.15, -0.1) is 5.92 Å². The molecule has 2 aliphatic carbocycles. The smallest absolute Gasteiger partial charge is 0.410 e. The number of nitrogens with one attached hydrogen (secondary N) is 1. The van der Waals surface area contributed by atoms with E-state index in [9.17, 15) is 9.90 Å². The molecule has 0 saturated heterocycles. The Morgan fingerprint density at radius 1 is 1.16 bits per heavy atom. The zero-order valence-electron chi connectivity index (χ0n) is 23.6. The third-order valence-electron chi connectivity index (χ3n) is 8.29. The average Bonchev–Trinajstić information content (AvgIpc) is 2.87. The van der Waals surface area contributed by atoms with Gasteiger partial charge in [0.1, 0.15) is 11.4 Å². The molecule has 3 atom stereocenters. The normalized spacial score (nSPS) is 24.0. The number of anilines is 1. The van der Waals surface area contributed by atoms with Crippen molar-refractivity contribution < 1.29 is 14.6 Å². The number of nitrogens with zero attached hydrogens (tertiary/aromatic N) is 2. The van der Waals surface area contributed by atoms with E-state index >= 15 is 0 Å². The Hall–Kier alpha value is -3.01. The third-order valence-corrected chi connectivity index (χ3v) is 8.29. The van der Waals surface area contributed by atoms with Gasteiger partial charge in [0.15, 0.2) is 0 Å². The highest BCUT2D eigenvalue weighted by Crippen LogP contribution is 2.54. The fourth-order valence-corrected chi connectivity index (χ4v) is 6.44. The minimum absolute atomic E-state index is 0.0901. The number of hydrogen-bond donors (Lipinski definition) is 2. The van der Waals surface area contributed by atoms with Crippen LogP contribution < -0.4 is 15.0 Å². The number of aryl methyl sites for hydroxylation is 1. The molecule has 38 heavy (non-hydrogen) atoms. The Morgan fingerprint density at radius 3 is 2.71 bits per heavy atom. The number of carbonyl (C=O) groups is 1. The molecule has 0 heterocycles. The Morgan fingerprint density at radius 2 is 1.97 bits per heavy atom. The second-order valence-electron chi connectivity index (χ2n) is 11.5. The van der Waals surface area contributed by atoms with E-state index < -0.39 is 11.7 Å². The molecule has 6 heteroatoms. The van der Waals surface area contributed by atoms with Crippen LogP contribution in [0.2, 0.25) is 0 Å². The SMILES string of the molecule is CC#CC1(O)CC[C@@]2(Cc3cccc(N(C)C)c3)c3ccc(OC(=O)NCCCN(C)C)cc3CC[C@@H]2C1. The van der Waals surface area contributed by atoms with Crippen LogP contribution in [0, 0.1) is 17.8 Å². The summed E-state index contributed by atoms with van der Waals surface area (Å²) in [6.07, 6.45) is 5.47. The summed E-state index contributed by atoms with van der Waals surface area (Å²) >= 11 is 0. The van der Waals surface area contributed by atoms with Crippen LogP contribution in [-0.2, 0) is 18.3 Å². The van der Waals surface area contributed by atoms with Crippen molar-refractivity contribution in [1.29, 1.82) is 0 Å². The second-order valence-corrected chi connectivity index (χ2v) is 11.5. The summed E-state index contributed by atoms with van der Waals surface area (Å²) in [5.74, 6) is 6.98. The summed E-state index contributed by atoms with van der Waals surface area (Å²) in [5, 5.41) is 14.1. The molecule has 0 spiro atoms. The van der Waals surface area contributed by atoms with Crippen LogP contribution in [-0.4, -0.2) is 63.0 Å². The molecule has 2 aromatic carbocycles. The van der Waals surface area contributed by atoms with E-state index in [4.69, 9.17) is 4.74 Å². The third kappa shape index (κ3) is 6.34. The molecule has 1 saturated carbocycles. The standard InChI is InChI=1S/C32H43N3O3/c1-6-15-31(37)16-17-32(22-24-9-7-10-27(20-24)35(4)5)26(23-31)12-11-25-21-28(13-14-29(25)32)38-30(36)33-18-8-19-34(2)3/h7,9-10,13-14,20-21,26,37H,8,11-12,16-19,22-23H2,1-5H3,(H,33,36)/t26-,31?,32+/m1/s1. The number of benzene rings is 2. The van der Waals surface area contributed by atoms with E-state index in [0.29, 0.717) is 31.1 Å². The maximum absolute atomic E-state index is 12.4. The molecule has 1 amide bonds. The number of fused-ring (bicyclic) bond motifs is 3. The highest BCUT2D eigenvalue weighted by atomic mass is 16.6. The van der Waals surface area contributed by atoms with Crippen molar-refractivity contribution in [3.8, 4) is 17.6 Å². The Kier molecular flexibility index (Phi) is 8.70. The molecule has 204 valence electrons. The number of ether oxygens (including phenoxy) is 1. The van der Waals surface area contributed by atoms with Gasteiger partial charge in [-0.3, -0.25) is 0 Å². The number of aliphatic hydroxyl groups is 1. The van der Waals surface area contributed by atoms with Crippen molar-refractivity contribution in [3.05, 3.63) is 59.2 Å². The monoisotopic (exact) mass is 517 g/mol. The first-order valence-electron chi connectivity index (χ1n) is 13.8.